The maximum absolute atomic E-state index is 12.8. The molecule has 2 unspecified atom stereocenters. The Balaban J connectivity index is 1.35. The quantitative estimate of drug-likeness (QED) is 0.684. The first kappa shape index (κ1) is 18.2. The number of amides is 1. The lowest BCUT2D eigenvalue weighted by Crippen LogP contribution is -2.58. The first-order chi connectivity index (χ1) is 12.0. The number of ether oxygens (including phenoxy) is 1. The van der Waals surface area contributed by atoms with Gasteiger partial charge in [0.05, 0.1) is 28.1 Å². The van der Waals surface area contributed by atoms with E-state index in [4.69, 9.17) is 4.74 Å². The van der Waals surface area contributed by atoms with E-state index >= 15 is 0 Å². The smallest absolute Gasteiger partial charge is 0.312 e. The largest absolute Gasteiger partial charge is 0.455 e. The van der Waals surface area contributed by atoms with Gasteiger partial charge in [-0.1, -0.05) is 0 Å². The summed E-state index contributed by atoms with van der Waals surface area (Å²) in [6.45, 7) is 1.30. The van der Waals surface area contributed by atoms with Crippen LogP contribution in [0.5, 0.6) is 0 Å². The Kier molecular flexibility index (Phi) is 3.98. The zero-order chi connectivity index (χ0) is 18.8. The van der Waals surface area contributed by atoms with Gasteiger partial charge >= 0.3 is 5.97 Å². The molecule has 4 aliphatic carbocycles. The van der Waals surface area contributed by atoms with Gasteiger partial charge in [0.2, 0.25) is 0 Å². The van der Waals surface area contributed by atoms with Gasteiger partial charge in [-0.2, -0.15) is 0 Å². The maximum Gasteiger partial charge on any atom is 0.312 e. The van der Waals surface area contributed by atoms with Crippen LogP contribution in [0.1, 0.15) is 51.9 Å². The molecule has 1 amide bonds. The van der Waals surface area contributed by atoms with Gasteiger partial charge in [0.1, 0.15) is 0 Å². The normalized spacial score (nSPS) is 45.5. The van der Waals surface area contributed by atoms with Crippen LogP contribution in [-0.4, -0.2) is 54.7 Å². The third-order valence-electron chi connectivity index (χ3n) is 6.74. The number of carbonyl (C=O) groups is 2. The Morgan fingerprint density at radius 1 is 1.19 bits per heavy atom. The SMILES string of the molecule is C[C@@]1(NC(=O)COC(=O)C23C[C@@H]4C[C@@H](CC(O)(C4)C2)C3)CCS(=O)(=O)C1. The summed E-state index contributed by atoms with van der Waals surface area (Å²) in [5.41, 5.74) is -2.20. The van der Waals surface area contributed by atoms with Crippen LogP contribution < -0.4 is 5.32 Å². The second-order valence-electron chi connectivity index (χ2n) is 9.49. The van der Waals surface area contributed by atoms with Gasteiger partial charge in [-0.05, 0) is 63.7 Å². The zero-order valence-electron chi connectivity index (χ0n) is 15.1. The molecule has 7 nitrogen and oxygen atoms in total. The molecule has 5 fully saturated rings. The number of sulfone groups is 1. The van der Waals surface area contributed by atoms with E-state index in [1.54, 1.807) is 6.92 Å². The standard InChI is InChI=1S/C18H27NO6S/c1-16(2-3-26(23,24)11-16)19-14(20)9-25-15(21)17-5-12-4-13(6-17)8-18(22,7-12)10-17/h12-13,22H,2-11H2,1H3,(H,19,20)/t12-,13+,16-,17?,18?/m1/s1. The van der Waals surface area contributed by atoms with Crippen LogP contribution in [0.4, 0.5) is 0 Å². The molecular weight excluding hydrogens is 358 g/mol. The molecule has 4 saturated carbocycles. The summed E-state index contributed by atoms with van der Waals surface area (Å²) in [6.07, 6.45) is 4.89. The molecule has 5 atom stereocenters. The van der Waals surface area contributed by atoms with Crippen LogP contribution in [0.3, 0.4) is 0 Å². The average molecular weight is 385 g/mol. The monoisotopic (exact) mass is 385 g/mol. The third-order valence-corrected chi connectivity index (χ3v) is 8.65. The first-order valence-corrected chi connectivity index (χ1v) is 11.2. The fraction of sp³-hybridized carbons (Fsp3) is 0.889. The number of hydrogen-bond acceptors (Lipinski definition) is 6. The van der Waals surface area contributed by atoms with Crippen molar-refractivity contribution in [3.8, 4) is 0 Å². The Labute approximate surface area is 153 Å². The van der Waals surface area contributed by atoms with Crippen molar-refractivity contribution < 1.29 is 27.9 Å². The minimum absolute atomic E-state index is 0.0635. The van der Waals surface area contributed by atoms with Gasteiger partial charge < -0.3 is 15.2 Å². The number of rotatable bonds is 4. The topological polar surface area (TPSA) is 110 Å². The molecule has 146 valence electrons. The summed E-state index contributed by atoms with van der Waals surface area (Å²) in [5.74, 6) is -0.144. The Morgan fingerprint density at radius 2 is 1.85 bits per heavy atom. The molecule has 2 N–H and O–H groups in total. The number of hydrogen-bond donors (Lipinski definition) is 2. The van der Waals surface area contributed by atoms with Crippen LogP contribution in [0.2, 0.25) is 0 Å². The molecule has 1 heterocycles. The van der Waals surface area contributed by atoms with Crippen molar-refractivity contribution in [1.29, 1.82) is 0 Å². The van der Waals surface area contributed by atoms with E-state index in [1.165, 1.54) is 0 Å². The highest BCUT2D eigenvalue weighted by Crippen LogP contribution is 2.61. The highest BCUT2D eigenvalue weighted by molar-refractivity contribution is 7.91. The highest BCUT2D eigenvalue weighted by atomic mass is 32.2. The summed E-state index contributed by atoms with van der Waals surface area (Å²) in [6, 6.07) is 0. The maximum atomic E-state index is 12.8. The van der Waals surface area contributed by atoms with Gasteiger partial charge in [0.25, 0.3) is 5.91 Å². The van der Waals surface area contributed by atoms with Gasteiger partial charge in [0.15, 0.2) is 16.4 Å². The van der Waals surface area contributed by atoms with E-state index in [-0.39, 0.29) is 17.5 Å². The molecule has 8 heteroatoms. The Hall–Kier alpha value is -1.15. The lowest BCUT2D eigenvalue weighted by atomic mass is 9.48. The van der Waals surface area contributed by atoms with E-state index < -0.39 is 38.9 Å². The van der Waals surface area contributed by atoms with Crippen LogP contribution in [0.15, 0.2) is 0 Å². The summed E-state index contributed by atoms with van der Waals surface area (Å²) >= 11 is 0. The Morgan fingerprint density at radius 3 is 2.38 bits per heavy atom. The summed E-state index contributed by atoms with van der Waals surface area (Å²) < 4.78 is 28.6. The van der Waals surface area contributed by atoms with Crippen LogP contribution in [-0.2, 0) is 24.2 Å². The van der Waals surface area contributed by atoms with E-state index in [0.717, 1.165) is 32.1 Å². The lowest BCUT2D eigenvalue weighted by molar-refractivity contribution is -0.196. The molecule has 0 aromatic rings. The fourth-order valence-electron chi connectivity index (χ4n) is 6.22. The third kappa shape index (κ3) is 3.26. The molecule has 0 aromatic carbocycles. The van der Waals surface area contributed by atoms with Gasteiger partial charge in [-0.25, -0.2) is 8.42 Å². The number of carbonyl (C=O) groups excluding carboxylic acids is 2. The summed E-state index contributed by atoms with van der Waals surface area (Å²) in [7, 11) is -3.12. The van der Waals surface area contributed by atoms with Gasteiger partial charge in [0, 0.05) is 0 Å². The van der Waals surface area contributed by atoms with Crippen molar-refractivity contribution in [2.75, 3.05) is 18.1 Å². The first-order valence-electron chi connectivity index (χ1n) is 9.42. The number of esters is 1. The minimum Gasteiger partial charge on any atom is -0.455 e. The van der Waals surface area contributed by atoms with Gasteiger partial charge in [-0.15, -0.1) is 0 Å². The van der Waals surface area contributed by atoms with Crippen LogP contribution in [0, 0.1) is 17.3 Å². The van der Waals surface area contributed by atoms with Crippen molar-refractivity contribution >= 4 is 21.7 Å². The molecule has 0 spiro atoms. The fourth-order valence-corrected chi connectivity index (χ4v) is 8.31. The molecule has 0 radical (unpaired) electrons. The predicted molar refractivity (Wildman–Crippen MR) is 92.8 cm³/mol. The second-order valence-corrected chi connectivity index (χ2v) is 11.7. The minimum atomic E-state index is -3.12. The van der Waals surface area contributed by atoms with E-state index in [0.29, 0.717) is 24.7 Å². The van der Waals surface area contributed by atoms with Crippen molar-refractivity contribution in [2.24, 2.45) is 17.3 Å². The molecule has 26 heavy (non-hydrogen) atoms. The Bertz CT molecular complexity index is 733. The second kappa shape index (κ2) is 5.67. The molecule has 5 aliphatic rings. The van der Waals surface area contributed by atoms with E-state index in [1.807, 2.05) is 0 Å². The zero-order valence-corrected chi connectivity index (χ0v) is 15.9. The predicted octanol–water partition coefficient (Wildman–Crippen LogP) is 0.554. The van der Waals surface area contributed by atoms with Crippen molar-refractivity contribution in [3.63, 3.8) is 0 Å². The number of aliphatic hydroxyl groups is 1. The lowest BCUT2D eigenvalue weighted by Gasteiger charge is -2.58. The van der Waals surface area contributed by atoms with E-state index in [2.05, 4.69) is 5.32 Å². The molecule has 1 saturated heterocycles. The number of nitrogens with one attached hydrogen (secondary N) is 1. The van der Waals surface area contributed by atoms with Crippen molar-refractivity contribution in [2.45, 2.75) is 63.0 Å². The van der Waals surface area contributed by atoms with Gasteiger partial charge in [-0.3, -0.25) is 9.59 Å². The molecule has 5 rings (SSSR count). The van der Waals surface area contributed by atoms with Crippen molar-refractivity contribution in [1.82, 2.24) is 5.32 Å². The average Bonchev–Trinajstić information content (AvgIpc) is 2.75. The van der Waals surface area contributed by atoms with Crippen LogP contribution >= 0.6 is 0 Å². The molecule has 4 bridgehead atoms. The van der Waals surface area contributed by atoms with Crippen molar-refractivity contribution in [3.05, 3.63) is 0 Å². The summed E-state index contributed by atoms with van der Waals surface area (Å²) in [5, 5.41) is 13.4. The van der Waals surface area contributed by atoms with Crippen LogP contribution in [0.25, 0.3) is 0 Å². The molecule has 1 aliphatic heterocycles. The van der Waals surface area contributed by atoms with E-state index in [9.17, 15) is 23.1 Å². The summed E-state index contributed by atoms with van der Waals surface area (Å²) in [4.78, 5) is 24.9. The molecule has 0 aromatic heterocycles. The highest BCUT2D eigenvalue weighted by Gasteiger charge is 2.61. The molecular formula is C18H27NO6S.